The Morgan fingerprint density at radius 3 is 2.22 bits per heavy atom. The van der Waals surface area contributed by atoms with E-state index in [1.807, 2.05) is 32.1 Å². The Balaban J connectivity index is 1.65. The van der Waals surface area contributed by atoms with Gasteiger partial charge >= 0.3 is 0 Å². The molecule has 7 heteroatoms. The number of nitrogens with one attached hydrogen (secondary N) is 1. The van der Waals surface area contributed by atoms with Crippen molar-refractivity contribution >= 4 is 34.8 Å². The van der Waals surface area contributed by atoms with E-state index < -0.39 is 6.04 Å². The first-order chi connectivity index (χ1) is 17.8. The average molecular weight is 540 g/mol. The van der Waals surface area contributed by atoms with Gasteiger partial charge in [-0.2, -0.15) is 0 Å². The maximum absolute atomic E-state index is 13.9. The Labute approximate surface area is 231 Å². The third-order valence-electron chi connectivity index (χ3n) is 7.25. The Hall–Kier alpha value is -2.57. The fourth-order valence-corrected chi connectivity index (χ4v) is 5.33. The highest BCUT2D eigenvalue weighted by Gasteiger charge is 2.30. The minimum absolute atomic E-state index is 0.00850. The smallest absolute Gasteiger partial charge is 0.244 e. The van der Waals surface area contributed by atoms with Crippen LogP contribution in [0.1, 0.15) is 36.1 Å². The predicted octanol–water partition coefficient (Wildman–Crippen LogP) is 6.28. The number of amides is 1. The Bertz CT molecular complexity index is 1210. The van der Waals surface area contributed by atoms with Crippen LogP contribution >= 0.6 is 23.2 Å². The van der Waals surface area contributed by atoms with E-state index in [2.05, 4.69) is 63.6 Å². The lowest BCUT2D eigenvalue weighted by molar-refractivity contribution is -0.134. The standard InChI is InChI=1S/C30H36Cl2N4O/c1-33-29(24-12-15-26(31)27(32)19-24)30(37)35(4)28(20-36-16-5-6-17-36)23-9-7-8-22(18-23)21-10-13-25(14-11-21)34(2)3/h7-15,18-19,28-29,33H,5-6,16-17,20H2,1-4H3. The number of nitrogens with zero attached hydrogens (tertiary/aromatic N) is 3. The normalized spacial score (nSPS) is 15.4. The van der Waals surface area contributed by atoms with Crippen molar-refractivity contribution in [1.29, 1.82) is 0 Å². The maximum Gasteiger partial charge on any atom is 0.244 e. The second-order valence-electron chi connectivity index (χ2n) is 9.93. The number of likely N-dealkylation sites (tertiary alicyclic amines) is 1. The molecule has 2 unspecified atom stereocenters. The Morgan fingerprint density at radius 1 is 0.892 bits per heavy atom. The maximum atomic E-state index is 13.9. The van der Waals surface area contributed by atoms with Crippen LogP contribution in [0.4, 0.5) is 5.69 Å². The van der Waals surface area contributed by atoms with Crippen LogP contribution in [0.25, 0.3) is 11.1 Å². The zero-order valence-electron chi connectivity index (χ0n) is 22.0. The predicted molar refractivity (Wildman–Crippen MR) is 156 cm³/mol. The zero-order chi connectivity index (χ0) is 26.5. The van der Waals surface area contributed by atoms with E-state index in [9.17, 15) is 4.79 Å². The molecule has 5 nitrogen and oxygen atoms in total. The lowest BCUT2D eigenvalue weighted by atomic mass is 9.97. The van der Waals surface area contributed by atoms with Crippen molar-refractivity contribution in [1.82, 2.24) is 15.1 Å². The van der Waals surface area contributed by atoms with Crippen LogP contribution in [-0.4, -0.2) is 63.5 Å². The SMILES string of the molecule is CNC(C(=O)N(C)C(CN1CCCC1)c1cccc(-c2ccc(N(C)C)cc2)c1)c1ccc(Cl)c(Cl)c1. The molecule has 196 valence electrons. The molecule has 0 radical (unpaired) electrons. The van der Waals surface area contributed by atoms with Crippen LogP contribution in [0.2, 0.25) is 10.0 Å². The molecule has 0 saturated carbocycles. The van der Waals surface area contributed by atoms with Gasteiger partial charge in [-0.3, -0.25) is 4.79 Å². The first kappa shape index (κ1) is 27.5. The summed E-state index contributed by atoms with van der Waals surface area (Å²) >= 11 is 12.4. The number of carbonyl (C=O) groups excluding carboxylic acids is 1. The molecule has 0 bridgehead atoms. The van der Waals surface area contributed by atoms with E-state index in [1.54, 1.807) is 19.2 Å². The molecule has 1 fully saturated rings. The summed E-state index contributed by atoms with van der Waals surface area (Å²) < 4.78 is 0. The highest BCUT2D eigenvalue weighted by molar-refractivity contribution is 6.42. The van der Waals surface area contributed by atoms with Crippen molar-refractivity contribution in [2.75, 3.05) is 52.7 Å². The van der Waals surface area contributed by atoms with E-state index in [4.69, 9.17) is 23.2 Å². The van der Waals surface area contributed by atoms with Gasteiger partial charge < -0.3 is 20.0 Å². The van der Waals surface area contributed by atoms with E-state index in [0.29, 0.717) is 10.0 Å². The number of halogens is 2. The molecule has 2 atom stereocenters. The number of carbonyl (C=O) groups is 1. The van der Waals surface area contributed by atoms with Crippen LogP contribution in [0.3, 0.4) is 0 Å². The molecule has 1 aliphatic rings. The van der Waals surface area contributed by atoms with Crippen molar-refractivity contribution in [3.63, 3.8) is 0 Å². The van der Waals surface area contributed by atoms with E-state index in [-0.39, 0.29) is 11.9 Å². The van der Waals surface area contributed by atoms with Gasteiger partial charge in [0, 0.05) is 33.4 Å². The summed E-state index contributed by atoms with van der Waals surface area (Å²) in [7, 11) is 7.79. The van der Waals surface area contributed by atoms with Gasteiger partial charge in [0.25, 0.3) is 0 Å². The van der Waals surface area contributed by atoms with Crippen LogP contribution in [0.5, 0.6) is 0 Å². The fraction of sp³-hybridized carbons (Fsp3) is 0.367. The van der Waals surface area contributed by atoms with Crippen molar-refractivity contribution in [2.45, 2.75) is 24.9 Å². The summed E-state index contributed by atoms with van der Waals surface area (Å²) in [5.74, 6) is -0.00850. The highest BCUT2D eigenvalue weighted by atomic mass is 35.5. The number of rotatable bonds is 9. The number of anilines is 1. The monoisotopic (exact) mass is 538 g/mol. The van der Waals surface area contributed by atoms with Gasteiger partial charge in [-0.1, -0.05) is 59.6 Å². The van der Waals surface area contributed by atoms with Gasteiger partial charge in [0.15, 0.2) is 0 Å². The summed E-state index contributed by atoms with van der Waals surface area (Å²) in [5, 5.41) is 4.10. The van der Waals surface area contributed by atoms with Crippen molar-refractivity contribution in [3.05, 3.63) is 87.9 Å². The molecule has 4 rings (SSSR count). The van der Waals surface area contributed by atoms with Crippen molar-refractivity contribution in [2.24, 2.45) is 0 Å². The third-order valence-corrected chi connectivity index (χ3v) is 7.99. The van der Waals surface area contributed by atoms with Gasteiger partial charge in [-0.15, -0.1) is 0 Å². The highest BCUT2D eigenvalue weighted by Crippen LogP contribution is 2.31. The second kappa shape index (κ2) is 12.3. The summed E-state index contributed by atoms with van der Waals surface area (Å²) in [6.07, 6.45) is 2.40. The zero-order valence-corrected chi connectivity index (χ0v) is 23.6. The lowest BCUT2D eigenvalue weighted by Crippen LogP contribution is -2.43. The molecular formula is C30H36Cl2N4O. The molecule has 3 aromatic rings. The molecule has 1 N–H and O–H groups in total. The molecule has 0 aliphatic carbocycles. The number of hydrogen-bond acceptors (Lipinski definition) is 4. The average Bonchev–Trinajstić information content (AvgIpc) is 3.43. The number of benzene rings is 3. The lowest BCUT2D eigenvalue weighted by Gasteiger charge is -2.34. The second-order valence-corrected chi connectivity index (χ2v) is 10.7. The van der Waals surface area contributed by atoms with Gasteiger partial charge in [0.1, 0.15) is 6.04 Å². The van der Waals surface area contributed by atoms with Crippen molar-refractivity contribution in [3.8, 4) is 11.1 Å². The molecule has 0 aromatic heterocycles. The molecular weight excluding hydrogens is 503 g/mol. The molecule has 1 heterocycles. The molecule has 1 aliphatic heterocycles. The van der Waals surface area contributed by atoms with Crippen LogP contribution in [0, 0.1) is 0 Å². The molecule has 1 amide bonds. The van der Waals surface area contributed by atoms with Crippen LogP contribution < -0.4 is 10.2 Å². The number of hydrogen-bond donors (Lipinski definition) is 1. The van der Waals surface area contributed by atoms with E-state index >= 15 is 0 Å². The summed E-state index contributed by atoms with van der Waals surface area (Å²) in [6, 6.07) is 21.9. The summed E-state index contributed by atoms with van der Waals surface area (Å²) in [5.41, 5.74) is 5.39. The van der Waals surface area contributed by atoms with Gasteiger partial charge in [0.2, 0.25) is 5.91 Å². The third kappa shape index (κ3) is 6.47. The van der Waals surface area contributed by atoms with E-state index in [0.717, 1.165) is 47.6 Å². The molecule has 1 saturated heterocycles. The van der Waals surface area contributed by atoms with Crippen molar-refractivity contribution < 1.29 is 4.79 Å². The minimum Gasteiger partial charge on any atom is -0.378 e. The number of likely N-dealkylation sites (N-methyl/N-ethyl adjacent to an activating group) is 2. The first-order valence-corrected chi connectivity index (χ1v) is 13.5. The van der Waals surface area contributed by atoms with Crippen LogP contribution in [0.15, 0.2) is 66.7 Å². The summed E-state index contributed by atoms with van der Waals surface area (Å²) in [4.78, 5) is 20.3. The van der Waals surface area contributed by atoms with Gasteiger partial charge in [-0.25, -0.2) is 0 Å². The quantitative estimate of drug-likeness (QED) is 0.347. The Kier molecular flexibility index (Phi) is 9.14. The minimum atomic E-state index is -0.525. The first-order valence-electron chi connectivity index (χ1n) is 12.8. The Morgan fingerprint density at radius 2 is 1.59 bits per heavy atom. The molecule has 3 aromatic carbocycles. The molecule has 37 heavy (non-hydrogen) atoms. The fourth-order valence-electron chi connectivity index (χ4n) is 5.02. The van der Waals surface area contributed by atoms with Crippen LogP contribution in [-0.2, 0) is 4.79 Å². The van der Waals surface area contributed by atoms with Gasteiger partial charge in [0.05, 0.1) is 16.1 Å². The topological polar surface area (TPSA) is 38.8 Å². The largest absolute Gasteiger partial charge is 0.378 e. The van der Waals surface area contributed by atoms with E-state index in [1.165, 1.54) is 12.8 Å². The summed E-state index contributed by atoms with van der Waals surface area (Å²) in [6.45, 7) is 2.92. The van der Waals surface area contributed by atoms with Gasteiger partial charge in [-0.05, 0) is 85.6 Å². The molecule has 0 spiro atoms.